The van der Waals surface area contributed by atoms with Crippen LogP contribution in [0.5, 0.6) is 0 Å². The number of aryl methyl sites for hydroxylation is 1. The lowest BCUT2D eigenvalue weighted by atomic mass is 10.3. The summed E-state index contributed by atoms with van der Waals surface area (Å²) in [6.45, 7) is 1.70. The molecule has 0 spiro atoms. The van der Waals surface area contributed by atoms with E-state index in [0.717, 1.165) is 11.5 Å². The summed E-state index contributed by atoms with van der Waals surface area (Å²) in [5.41, 5.74) is 0.534. The van der Waals surface area contributed by atoms with Gasteiger partial charge in [0.1, 0.15) is 10.7 Å². The van der Waals surface area contributed by atoms with E-state index in [1.165, 1.54) is 6.07 Å². The number of nitrogens with one attached hydrogen (secondary N) is 2. The molecule has 0 aliphatic heterocycles. The molecule has 0 atom stereocenters. The largest absolute Gasteiger partial charge is 0.387 e. The van der Waals surface area contributed by atoms with Crippen LogP contribution in [0.4, 0.5) is 10.8 Å². The van der Waals surface area contributed by atoms with Gasteiger partial charge >= 0.3 is 0 Å². The molecule has 1 aromatic heterocycles. The van der Waals surface area contributed by atoms with Gasteiger partial charge in [0.15, 0.2) is 0 Å². The van der Waals surface area contributed by atoms with Gasteiger partial charge in [-0.25, -0.2) is 13.4 Å². The third-order valence-electron chi connectivity index (χ3n) is 2.20. The maximum Gasteiger partial charge on any atom is 0.265 e. The number of rotatable bonds is 4. The van der Waals surface area contributed by atoms with Gasteiger partial charge in [0.05, 0.1) is 5.69 Å². The van der Waals surface area contributed by atoms with Crippen molar-refractivity contribution in [2.24, 2.45) is 0 Å². The van der Waals surface area contributed by atoms with Crippen molar-refractivity contribution in [2.45, 2.75) is 11.8 Å². The average molecular weight is 284 g/mol. The first-order valence-electron chi connectivity index (χ1n) is 5.13. The predicted octanol–water partition coefficient (Wildman–Crippen LogP) is 1.69. The second-order valence-corrected chi connectivity index (χ2v) is 5.90. The standard InChI is InChI=1S/C10H12N4O2S2/c1-7-12-10(17-13-7)14-18(15,16)9-6-4-3-5-8(9)11-2/h3-6,11H,1-2H3,(H,12,13,14). The van der Waals surface area contributed by atoms with Crippen molar-refractivity contribution in [1.82, 2.24) is 9.36 Å². The molecule has 6 nitrogen and oxygen atoms in total. The Balaban J connectivity index is 2.36. The number of para-hydroxylation sites is 1. The molecule has 0 saturated heterocycles. The molecular formula is C10H12N4O2S2. The van der Waals surface area contributed by atoms with E-state index in [2.05, 4.69) is 19.4 Å². The van der Waals surface area contributed by atoms with Crippen molar-refractivity contribution in [1.29, 1.82) is 0 Å². The van der Waals surface area contributed by atoms with E-state index < -0.39 is 10.0 Å². The summed E-state index contributed by atoms with van der Waals surface area (Å²) in [4.78, 5) is 4.15. The minimum Gasteiger partial charge on any atom is -0.387 e. The quantitative estimate of drug-likeness (QED) is 0.892. The molecule has 0 saturated carbocycles. The number of hydrogen-bond acceptors (Lipinski definition) is 6. The van der Waals surface area contributed by atoms with Crippen LogP contribution in [0, 0.1) is 6.92 Å². The lowest BCUT2D eigenvalue weighted by Gasteiger charge is -2.09. The number of anilines is 2. The summed E-state index contributed by atoms with van der Waals surface area (Å²) in [5, 5.41) is 3.10. The van der Waals surface area contributed by atoms with Gasteiger partial charge in [0, 0.05) is 18.6 Å². The third-order valence-corrected chi connectivity index (χ3v) is 4.44. The molecule has 0 amide bonds. The minimum atomic E-state index is -3.65. The summed E-state index contributed by atoms with van der Waals surface area (Å²) >= 11 is 1.01. The molecule has 2 aromatic rings. The zero-order valence-corrected chi connectivity index (χ0v) is 11.5. The Labute approximate surface area is 109 Å². The number of nitrogens with zero attached hydrogens (tertiary/aromatic N) is 2. The summed E-state index contributed by atoms with van der Waals surface area (Å²) in [7, 11) is -1.98. The zero-order valence-electron chi connectivity index (χ0n) is 9.84. The summed E-state index contributed by atoms with van der Waals surface area (Å²) in [6, 6.07) is 6.66. The SMILES string of the molecule is CNc1ccccc1S(=O)(=O)Nc1nc(C)ns1. The van der Waals surface area contributed by atoms with Gasteiger partial charge in [0.25, 0.3) is 10.0 Å². The fourth-order valence-corrected chi connectivity index (χ4v) is 3.43. The maximum atomic E-state index is 12.2. The van der Waals surface area contributed by atoms with Crippen LogP contribution in [-0.2, 0) is 10.0 Å². The second kappa shape index (κ2) is 4.91. The minimum absolute atomic E-state index is 0.181. The van der Waals surface area contributed by atoms with Gasteiger partial charge in [0.2, 0.25) is 5.13 Å². The molecule has 18 heavy (non-hydrogen) atoms. The second-order valence-electron chi connectivity index (χ2n) is 3.50. The van der Waals surface area contributed by atoms with Gasteiger partial charge in [-0.3, -0.25) is 4.72 Å². The van der Waals surface area contributed by atoms with Gasteiger partial charge in [-0.1, -0.05) is 12.1 Å². The van der Waals surface area contributed by atoms with Crippen molar-refractivity contribution in [3.8, 4) is 0 Å². The Bertz CT molecular complexity index is 651. The fourth-order valence-electron chi connectivity index (χ4n) is 1.42. The topological polar surface area (TPSA) is 84.0 Å². The van der Waals surface area contributed by atoms with Crippen molar-refractivity contribution in [2.75, 3.05) is 17.1 Å². The maximum absolute atomic E-state index is 12.2. The highest BCUT2D eigenvalue weighted by molar-refractivity contribution is 7.93. The normalized spacial score (nSPS) is 11.2. The smallest absolute Gasteiger partial charge is 0.265 e. The van der Waals surface area contributed by atoms with Gasteiger partial charge in [-0.15, -0.1) is 0 Å². The van der Waals surface area contributed by atoms with Gasteiger partial charge in [-0.05, 0) is 19.1 Å². The first-order chi connectivity index (χ1) is 8.53. The molecule has 2 rings (SSSR count). The Kier molecular flexibility index (Phi) is 3.48. The van der Waals surface area contributed by atoms with Crippen LogP contribution >= 0.6 is 11.5 Å². The molecule has 0 fully saturated rings. The zero-order chi connectivity index (χ0) is 13.2. The Morgan fingerprint density at radius 3 is 2.61 bits per heavy atom. The van der Waals surface area contributed by atoms with Crippen LogP contribution < -0.4 is 10.0 Å². The van der Waals surface area contributed by atoms with E-state index in [0.29, 0.717) is 11.5 Å². The number of sulfonamides is 1. The van der Waals surface area contributed by atoms with E-state index in [9.17, 15) is 8.42 Å². The highest BCUT2D eigenvalue weighted by Crippen LogP contribution is 2.23. The highest BCUT2D eigenvalue weighted by atomic mass is 32.2. The highest BCUT2D eigenvalue weighted by Gasteiger charge is 2.19. The summed E-state index contributed by atoms with van der Waals surface area (Å²) < 4.78 is 30.7. The van der Waals surface area contributed by atoms with Crippen LogP contribution in [0.3, 0.4) is 0 Å². The van der Waals surface area contributed by atoms with Crippen LogP contribution in [0.15, 0.2) is 29.2 Å². The predicted molar refractivity (Wildman–Crippen MR) is 71.4 cm³/mol. The van der Waals surface area contributed by atoms with E-state index >= 15 is 0 Å². The van der Waals surface area contributed by atoms with Crippen LogP contribution in [0.1, 0.15) is 5.82 Å². The average Bonchev–Trinajstić information content (AvgIpc) is 2.74. The first-order valence-corrected chi connectivity index (χ1v) is 7.38. The van der Waals surface area contributed by atoms with Gasteiger partial charge in [-0.2, -0.15) is 4.37 Å². The molecule has 0 radical (unpaired) electrons. The fraction of sp³-hybridized carbons (Fsp3) is 0.200. The lowest BCUT2D eigenvalue weighted by Crippen LogP contribution is -2.14. The lowest BCUT2D eigenvalue weighted by molar-refractivity contribution is 0.601. The number of benzene rings is 1. The molecule has 0 aliphatic carbocycles. The molecular weight excluding hydrogens is 272 g/mol. The molecule has 0 unspecified atom stereocenters. The number of hydrogen-bond donors (Lipinski definition) is 2. The third kappa shape index (κ3) is 2.59. The summed E-state index contributed by atoms with van der Waals surface area (Å²) in [5.74, 6) is 0.541. The van der Waals surface area contributed by atoms with Crippen molar-refractivity contribution >= 4 is 32.4 Å². The molecule has 2 N–H and O–H groups in total. The van der Waals surface area contributed by atoms with E-state index in [4.69, 9.17) is 0 Å². The first kappa shape index (κ1) is 12.8. The molecule has 1 heterocycles. The van der Waals surface area contributed by atoms with Crippen molar-refractivity contribution in [3.05, 3.63) is 30.1 Å². The Hall–Kier alpha value is -1.67. The summed E-state index contributed by atoms with van der Waals surface area (Å²) in [6.07, 6.45) is 0. The Morgan fingerprint density at radius 2 is 2.00 bits per heavy atom. The van der Waals surface area contributed by atoms with E-state index in [-0.39, 0.29) is 10.0 Å². The van der Waals surface area contributed by atoms with E-state index in [1.54, 1.807) is 32.2 Å². The van der Waals surface area contributed by atoms with Crippen LogP contribution in [-0.4, -0.2) is 24.8 Å². The van der Waals surface area contributed by atoms with Crippen LogP contribution in [0.2, 0.25) is 0 Å². The molecule has 0 aliphatic rings. The number of aromatic nitrogens is 2. The van der Waals surface area contributed by atoms with Gasteiger partial charge < -0.3 is 5.32 Å². The molecule has 0 bridgehead atoms. The van der Waals surface area contributed by atoms with E-state index in [1.807, 2.05) is 0 Å². The van der Waals surface area contributed by atoms with Crippen molar-refractivity contribution < 1.29 is 8.42 Å². The van der Waals surface area contributed by atoms with Crippen molar-refractivity contribution in [3.63, 3.8) is 0 Å². The molecule has 96 valence electrons. The monoisotopic (exact) mass is 284 g/mol. The van der Waals surface area contributed by atoms with Crippen LogP contribution in [0.25, 0.3) is 0 Å². The Morgan fingerprint density at radius 1 is 1.28 bits per heavy atom. The molecule has 1 aromatic carbocycles. The molecule has 8 heteroatoms.